The fraction of sp³-hybridized carbons (Fsp3) is 0.923. The molecular weight excluding hydrogens is 216 g/mol. The average Bonchev–Trinajstić information content (AvgIpc) is 2.23. The van der Waals surface area contributed by atoms with E-state index in [1.54, 1.807) is 0 Å². The number of carbonyl (C=O) groups is 1. The molecule has 0 aromatic heterocycles. The summed E-state index contributed by atoms with van der Waals surface area (Å²) in [5.41, 5.74) is -0.404. The van der Waals surface area contributed by atoms with Crippen molar-refractivity contribution >= 4 is 6.09 Å². The minimum atomic E-state index is -0.404. The molecule has 1 rings (SSSR count). The molecule has 4 nitrogen and oxygen atoms in total. The Morgan fingerprint density at radius 2 is 2.00 bits per heavy atom. The zero-order valence-electron chi connectivity index (χ0n) is 11.3. The predicted molar refractivity (Wildman–Crippen MR) is 69.1 cm³/mol. The van der Waals surface area contributed by atoms with Crippen molar-refractivity contribution in [2.45, 2.75) is 52.1 Å². The molecule has 0 radical (unpaired) electrons. The van der Waals surface area contributed by atoms with Crippen LogP contribution in [-0.4, -0.2) is 31.3 Å². The molecule has 0 bridgehead atoms. The smallest absolute Gasteiger partial charge is 0.407 e. The second-order valence-corrected chi connectivity index (χ2v) is 5.76. The van der Waals surface area contributed by atoms with Gasteiger partial charge in [0.05, 0.1) is 0 Å². The number of piperidine rings is 1. The topological polar surface area (TPSA) is 50.4 Å². The van der Waals surface area contributed by atoms with Crippen molar-refractivity contribution in [3.8, 4) is 0 Å². The Labute approximate surface area is 104 Å². The van der Waals surface area contributed by atoms with Crippen molar-refractivity contribution in [1.29, 1.82) is 0 Å². The quantitative estimate of drug-likeness (QED) is 0.744. The van der Waals surface area contributed by atoms with Gasteiger partial charge in [0.15, 0.2) is 0 Å². The molecule has 0 unspecified atom stereocenters. The van der Waals surface area contributed by atoms with Gasteiger partial charge >= 0.3 is 6.09 Å². The summed E-state index contributed by atoms with van der Waals surface area (Å²) >= 11 is 0. The zero-order chi connectivity index (χ0) is 12.7. The van der Waals surface area contributed by atoms with E-state index in [1.807, 2.05) is 20.8 Å². The molecule has 100 valence electrons. The standard InChI is InChI=1S/C13H26N2O2/c1-13(2,3)17-12(16)15-8-4-5-11-6-9-14-10-7-11/h11,14H,4-10H2,1-3H3,(H,15,16). The zero-order valence-corrected chi connectivity index (χ0v) is 11.3. The fourth-order valence-electron chi connectivity index (χ4n) is 2.07. The van der Waals surface area contributed by atoms with Gasteiger partial charge in [-0.15, -0.1) is 0 Å². The van der Waals surface area contributed by atoms with Gasteiger partial charge in [-0.05, 0) is 65.5 Å². The molecule has 1 heterocycles. The second-order valence-electron chi connectivity index (χ2n) is 5.76. The van der Waals surface area contributed by atoms with E-state index in [0.29, 0.717) is 0 Å². The lowest BCUT2D eigenvalue weighted by molar-refractivity contribution is 0.0526. The first-order chi connectivity index (χ1) is 7.97. The molecule has 17 heavy (non-hydrogen) atoms. The molecular formula is C13H26N2O2. The Kier molecular flexibility index (Phi) is 5.75. The van der Waals surface area contributed by atoms with Crippen molar-refractivity contribution in [3.05, 3.63) is 0 Å². The van der Waals surface area contributed by atoms with E-state index >= 15 is 0 Å². The summed E-state index contributed by atoms with van der Waals surface area (Å²) in [4.78, 5) is 11.4. The second kappa shape index (κ2) is 6.84. The first-order valence-electron chi connectivity index (χ1n) is 6.65. The van der Waals surface area contributed by atoms with Crippen LogP contribution in [-0.2, 0) is 4.74 Å². The van der Waals surface area contributed by atoms with E-state index in [0.717, 1.165) is 32.0 Å². The van der Waals surface area contributed by atoms with Crippen LogP contribution in [0.15, 0.2) is 0 Å². The van der Waals surface area contributed by atoms with Crippen LogP contribution in [0.4, 0.5) is 4.79 Å². The molecule has 1 saturated heterocycles. The summed E-state index contributed by atoms with van der Waals surface area (Å²) < 4.78 is 5.17. The molecule has 0 aromatic rings. The fourth-order valence-corrected chi connectivity index (χ4v) is 2.07. The summed E-state index contributed by atoms with van der Waals surface area (Å²) in [6.45, 7) is 8.64. The van der Waals surface area contributed by atoms with Crippen LogP contribution < -0.4 is 10.6 Å². The number of ether oxygens (including phenoxy) is 1. The number of alkyl carbamates (subject to hydrolysis) is 1. The van der Waals surface area contributed by atoms with Gasteiger partial charge < -0.3 is 15.4 Å². The third kappa shape index (κ3) is 7.21. The van der Waals surface area contributed by atoms with E-state index in [-0.39, 0.29) is 6.09 Å². The number of hydrogen-bond donors (Lipinski definition) is 2. The summed E-state index contributed by atoms with van der Waals surface area (Å²) in [7, 11) is 0. The van der Waals surface area contributed by atoms with Gasteiger partial charge in [0.1, 0.15) is 5.60 Å². The number of hydrogen-bond acceptors (Lipinski definition) is 3. The Hall–Kier alpha value is -0.770. The van der Waals surface area contributed by atoms with Gasteiger partial charge in [-0.2, -0.15) is 0 Å². The molecule has 1 aliphatic heterocycles. The van der Waals surface area contributed by atoms with E-state index < -0.39 is 5.60 Å². The largest absolute Gasteiger partial charge is 0.444 e. The third-order valence-corrected chi connectivity index (χ3v) is 2.92. The molecule has 1 aliphatic rings. The minimum absolute atomic E-state index is 0.303. The van der Waals surface area contributed by atoms with Crippen LogP contribution in [0.2, 0.25) is 0 Å². The highest BCUT2D eigenvalue weighted by molar-refractivity contribution is 5.67. The van der Waals surface area contributed by atoms with Gasteiger partial charge in [0, 0.05) is 6.54 Å². The first kappa shape index (κ1) is 14.3. The summed E-state index contributed by atoms with van der Waals surface area (Å²) in [5, 5.41) is 6.16. The maximum Gasteiger partial charge on any atom is 0.407 e. The maximum atomic E-state index is 11.4. The first-order valence-corrected chi connectivity index (χ1v) is 6.65. The van der Waals surface area contributed by atoms with Gasteiger partial charge in [-0.3, -0.25) is 0 Å². The van der Waals surface area contributed by atoms with Crippen LogP contribution in [0.25, 0.3) is 0 Å². The molecule has 1 amide bonds. The maximum absolute atomic E-state index is 11.4. The SMILES string of the molecule is CC(C)(C)OC(=O)NCCCC1CCNCC1. The van der Waals surface area contributed by atoms with Crippen molar-refractivity contribution in [1.82, 2.24) is 10.6 Å². The normalized spacial score (nSPS) is 17.8. The van der Waals surface area contributed by atoms with Crippen LogP contribution >= 0.6 is 0 Å². The van der Waals surface area contributed by atoms with Gasteiger partial charge in [0.25, 0.3) is 0 Å². The number of amides is 1. The lowest BCUT2D eigenvalue weighted by atomic mass is 9.93. The summed E-state index contributed by atoms with van der Waals surface area (Å²) in [5.74, 6) is 0.830. The molecule has 4 heteroatoms. The molecule has 0 spiro atoms. The lowest BCUT2D eigenvalue weighted by Crippen LogP contribution is -2.33. The molecule has 0 aliphatic carbocycles. The van der Waals surface area contributed by atoms with Gasteiger partial charge in [0.2, 0.25) is 0 Å². The van der Waals surface area contributed by atoms with Crippen LogP contribution in [0.5, 0.6) is 0 Å². The van der Waals surface area contributed by atoms with Crippen molar-refractivity contribution in [2.75, 3.05) is 19.6 Å². The Morgan fingerprint density at radius 3 is 2.59 bits per heavy atom. The number of rotatable bonds is 4. The van der Waals surface area contributed by atoms with E-state index in [4.69, 9.17) is 4.74 Å². The van der Waals surface area contributed by atoms with E-state index in [2.05, 4.69) is 10.6 Å². The average molecular weight is 242 g/mol. The van der Waals surface area contributed by atoms with Crippen LogP contribution in [0.1, 0.15) is 46.5 Å². The molecule has 0 atom stereocenters. The summed E-state index contributed by atoms with van der Waals surface area (Å²) in [6.07, 6.45) is 4.49. The Morgan fingerprint density at radius 1 is 1.35 bits per heavy atom. The number of carbonyl (C=O) groups excluding carboxylic acids is 1. The van der Waals surface area contributed by atoms with E-state index in [1.165, 1.54) is 19.3 Å². The minimum Gasteiger partial charge on any atom is -0.444 e. The Bertz CT molecular complexity index is 230. The monoisotopic (exact) mass is 242 g/mol. The van der Waals surface area contributed by atoms with Crippen molar-refractivity contribution < 1.29 is 9.53 Å². The highest BCUT2D eigenvalue weighted by atomic mass is 16.6. The van der Waals surface area contributed by atoms with Crippen molar-refractivity contribution in [3.63, 3.8) is 0 Å². The van der Waals surface area contributed by atoms with Crippen LogP contribution in [0, 0.1) is 5.92 Å². The Balaban J connectivity index is 2.01. The van der Waals surface area contributed by atoms with Gasteiger partial charge in [-0.25, -0.2) is 4.79 Å². The van der Waals surface area contributed by atoms with Crippen LogP contribution in [0.3, 0.4) is 0 Å². The predicted octanol–water partition coefficient (Wildman–Crippen LogP) is 2.29. The highest BCUT2D eigenvalue weighted by Gasteiger charge is 2.16. The van der Waals surface area contributed by atoms with E-state index in [9.17, 15) is 4.79 Å². The third-order valence-electron chi connectivity index (χ3n) is 2.92. The number of nitrogens with one attached hydrogen (secondary N) is 2. The summed E-state index contributed by atoms with van der Waals surface area (Å²) in [6, 6.07) is 0. The molecule has 0 aromatic carbocycles. The van der Waals surface area contributed by atoms with Crippen molar-refractivity contribution in [2.24, 2.45) is 5.92 Å². The molecule has 2 N–H and O–H groups in total. The molecule has 0 saturated carbocycles. The molecule has 1 fully saturated rings. The van der Waals surface area contributed by atoms with Gasteiger partial charge in [-0.1, -0.05) is 0 Å². The highest BCUT2D eigenvalue weighted by Crippen LogP contribution is 2.17. The lowest BCUT2D eigenvalue weighted by Gasteiger charge is -2.23.